The van der Waals surface area contributed by atoms with Gasteiger partial charge in [-0.3, -0.25) is 14.2 Å². The van der Waals surface area contributed by atoms with E-state index in [1.165, 1.54) is 28.1 Å². The molecule has 184 valence electrons. The fourth-order valence-corrected chi connectivity index (χ4v) is 6.10. The number of nitrogens with zero attached hydrogens (tertiary/aromatic N) is 6. The molecule has 5 heterocycles. The molecule has 2 unspecified atom stereocenters. The van der Waals surface area contributed by atoms with Crippen molar-refractivity contribution in [3.8, 4) is 11.1 Å². The highest BCUT2D eigenvalue weighted by molar-refractivity contribution is 7.16. The second-order valence-electron chi connectivity index (χ2n) is 10.1. The smallest absolute Gasteiger partial charge is 0.219 e. The molecule has 1 amide bonds. The Hall–Kier alpha value is -2.70. The minimum absolute atomic E-state index is 0.126. The van der Waals surface area contributed by atoms with Crippen LogP contribution in [0, 0.1) is 5.92 Å². The summed E-state index contributed by atoms with van der Waals surface area (Å²) in [5.74, 6) is 1.65. The lowest BCUT2D eigenvalue weighted by Crippen LogP contribution is -2.37. The van der Waals surface area contributed by atoms with Crippen LogP contribution in [0.4, 0.5) is 11.5 Å². The minimum Gasteiger partial charge on any atom is -0.379 e. The molecule has 0 spiro atoms. The lowest BCUT2D eigenvalue weighted by molar-refractivity contribution is -0.129. The van der Waals surface area contributed by atoms with Gasteiger partial charge in [-0.1, -0.05) is 6.07 Å². The number of fused-ring (bicyclic) bond motifs is 2. The zero-order chi connectivity index (χ0) is 24.1. The van der Waals surface area contributed by atoms with Gasteiger partial charge >= 0.3 is 0 Å². The summed E-state index contributed by atoms with van der Waals surface area (Å²) in [6, 6.07) is 7.03. The molecule has 3 aliphatic rings. The fraction of sp³-hybridized carbons (Fsp3) is 0.500. The number of benzene rings is 1. The van der Waals surface area contributed by atoms with E-state index in [0.717, 1.165) is 56.5 Å². The third-order valence-corrected chi connectivity index (χ3v) is 8.38. The molecule has 35 heavy (non-hydrogen) atoms. The van der Waals surface area contributed by atoms with Crippen molar-refractivity contribution in [2.75, 3.05) is 37.4 Å². The zero-order valence-electron chi connectivity index (χ0n) is 20.5. The highest BCUT2D eigenvalue weighted by Gasteiger charge is 2.35. The molecule has 0 N–H and O–H groups in total. The predicted octanol–water partition coefficient (Wildman–Crippen LogP) is 3.34. The van der Waals surface area contributed by atoms with E-state index >= 15 is 0 Å². The van der Waals surface area contributed by atoms with Crippen molar-refractivity contribution in [2.24, 2.45) is 13.0 Å². The third-order valence-electron chi connectivity index (χ3n) is 7.71. The van der Waals surface area contributed by atoms with E-state index in [9.17, 15) is 4.79 Å². The van der Waals surface area contributed by atoms with Crippen molar-refractivity contribution in [3.63, 3.8) is 0 Å². The lowest BCUT2D eigenvalue weighted by Gasteiger charge is -2.36. The van der Waals surface area contributed by atoms with E-state index in [1.807, 2.05) is 22.8 Å². The van der Waals surface area contributed by atoms with Gasteiger partial charge in [0.15, 0.2) is 5.82 Å². The second-order valence-corrected chi connectivity index (χ2v) is 10.5. The first-order valence-corrected chi connectivity index (χ1v) is 13.4. The van der Waals surface area contributed by atoms with Gasteiger partial charge in [-0.2, -0.15) is 10.2 Å². The number of aromatic nitrogens is 4. The molecule has 8 nitrogen and oxygen atoms in total. The topological polar surface area (TPSA) is 68.4 Å². The Balaban J connectivity index is 1.45. The fourth-order valence-electron chi connectivity index (χ4n) is 5.78. The van der Waals surface area contributed by atoms with E-state index < -0.39 is 0 Å². The molecule has 1 aromatic carbocycles. The van der Waals surface area contributed by atoms with Crippen molar-refractivity contribution in [3.05, 3.63) is 47.4 Å². The molecule has 3 aliphatic heterocycles. The summed E-state index contributed by atoms with van der Waals surface area (Å²) in [6.07, 6.45) is 7.89. The number of carbonyl (C=O) groups excluding carboxylic acids is 1. The molecule has 0 bridgehead atoms. The van der Waals surface area contributed by atoms with Gasteiger partial charge < -0.3 is 14.5 Å². The van der Waals surface area contributed by atoms with E-state index in [4.69, 9.17) is 9.84 Å². The van der Waals surface area contributed by atoms with Crippen LogP contribution in [0.2, 0.25) is 0 Å². The number of hydrogen-bond acceptors (Lipinski definition) is 5. The molecule has 0 aliphatic carbocycles. The Morgan fingerprint density at radius 2 is 2.17 bits per heavy atom. The molecule has 9 heteroatoms. The van der Waals surface area contributed by atoms with Crippen LogP contribution in [-0.4, -0.2) is 62.8 Å². The standard InChI is InChI=1S/C26H33N6O2P/c1-17(33)30-7-5-25-23(14-30)26(28-32(25)22-6-8-34-15-22)31-12-18(16-35)9-20-10-19(3-4-24(20)31)21-11-27-29(2)13-21/h3-4,10-11,13,18,22H,5-9,12,14-16,35H2,1-2H3/t18?,22-/m0/s1. The Morgan fingerprint density at radius 3 is 2.89 bits per heavy atom. The summed E-state index contributed by atoms with van der Waals surface area (Å²) >= 11 is 0. The first-order chi connectivity index (χ1) is 17.0. The Morgan fingerprint density at radius 1 is 1.29 bits per heavy atom. The van der Waals surface area contributed by atoms with Gasteiger partial charge in [-0.25, -0.2) is 0 Å². The molecule has 1 fully saturated rings. The van der Waals surface area contributed by atoms with Crippen LogP contribution >= 0.6 is 9.24 Å². The van der Waals surface area contributed by atoms with Gasteiger partial charge in [-0.05, 0) is 48.2 Å². The maximum atomic E-state index is 12.3. The molecule has 3 atom stereocenters. The Labute approximate surface area is 208 Å². The van der Waals surface area contributed by atoms with Crippen molar-refractivity contribution >= 4 is 26.7 Å². The molecule has 3 aromatic rings. The summed E-state index contributed by atoms with van der Waals surface area (Å²) in [7, 11) is 4.89. The lowest BCUT2D eigenvalue weighted by atomic mass is 9.91. The normalized spacial score (nSPS) is 21.8. The van der Waals surface area contributed by atoms with Gasteiger partial charge in [0, 0.05) is 68.8 Å². The SMILES string of the molecule is CC(=O)N1CCc2c(c(N3CC(CP)Cc4cc(-c5cnn(C)c5)ccc43)nn2[C@H]2CCOC2)C1. The van der Waals surface area contributed by atoms with Crippen LogP contribution in [0.5, 0.6) is 0 Å². The summed E-state index contributed by atoms with van der Waals surface area (Å²) in [5.41, 5.74) is 7.37. The van der Waals surface area contributed by atoms with Gasteiger partial charge in [-0.15, -0.1) is 9.24 Å². The molecule has 0 saturated carbocycles. The van der Waals surface area contributed by atoms with Crippen molar-refractivity contribution in [2.45, 2.75) is 38.8 Å². The molecular weight excluding hydrogens is 459 g/mol. The molecule has 6 rings (SSSR count). The van der Waals surface area contributed by atoms with Crippen molar-refractivity contribution in [1.82, 2.24) is 24.5 Å². The first kappa shape index (κ1) is 22.7. The van der Waals surface area contributed by atoms with Gasteiger partial charge in [0.2, 0.25) is 5.91 Å². The van der Waals surface area contributed by atoms with Crippen LogP contribution in [0.3, 0.4) is 0 Å². The summed E-state index contributed by atoms with van der Waals surface area (Å²) in [5, 5.41) is 9.60. The maximum Gasteiger partial charge on any atom is 0.219 e. The van der Waals surface area contributed by atoms with Crippen LogP contribution in [0.15, 0.2) is 30.6 Å². The summed E-state index contributed by atoms with van der Waals surface area (Å²) in [6.45, 7) is 5.46. The van der Waals surface area contributed by atoms with Crippen LogP contribution in [0.25, 0.3) is 11.1 Å². The molecular formula is C26H33N6O2P. The van der Waals surface area contributed by atoms with Crippen LogP contribution < -0.4 is 4.90 Å². The number of rotatable bonds is 4. The zero-order valence-corrected chi connectivity index (χ0v) is 21.6. The maximum absolute atomic E-state index is 12.3. The minimum atomic E-state index is 0.126. The molecule has 2 aromatic heterocycles. The molecule has 0 radical (unpaired) electrons. The highest BCUT2D eigenvalue weighted by Crippen LogP contribution is 2.41. The van der Waals surface area contributed by atoms with Gasteiger partial charge in [0.05, 0.1) is 25.4 Å². The summed E-state index contributed by atoms with van der Waals surface area (Å²) < 4.78 is 9.79. The number of ether oxygens (including phenoxy) is 1. The van der Waals surface area contributed by atoms with Gasteiger partial charge in [0.1, 0.15) is 0 Å². The number of aryl methyl sites for hydroxylation is 1. The van der Waals surface area contributed by atoms with Crippen molar-refractivity contribution in [1.29, 1.82) is 0 Å². The Kier molecular flexibility index (Phi) is 5.89. The van der Waals surface area contributed by atoms with Crippen molar-refractivity contribution < 1.29 is 9.53 Å². The number of carbonyl (C=O) groups is 1. The van der Waals surface area contributed by atoms with E-state index in [0.29, 0.717) is 19.1 Å². The third kappa shape index (κ3) is 4.07. The predicted molar refractivity (Wildman–Crippen MR) is 139 cm³/mol. The first-order valence-electron chi connectivity index (χ1n) is 12.5. The number of amides is 1. The average Bonchev–Trinajstić information content (AvgIpc) is 3.62. The highest BCUT2D eigenvalue weighted by atomic mass is 31.0. The molecule has 1 saturated heterocycles. The largest absolute Gasteiger partial charge is 0.379 e. The Bertz CT molecular complexity index is 1260. The van der Waals surface area contributed by atoms with E-state index in [2.05, 4.69) is 48.3 Å². The number of anilines is 2. The monoisotopic (exact) mass is 492 g/mol. The van der Waals surface area contributed by atoms with E-state index in [1.54, 1.807) is 6.92 Å². The van der Waals surface area contributed by atoms with Crippen LogP contribution in [0.1, 0.15) is 36.2 Å². The quantitative estimate of drug-likeness (QED) is 0.523. The average molecular weight is 493 g/mol. The van der Waals surface area contributed by atoms with E-state index in [-0.39, 0.29) is 11.9 Å². The van der Waals surface area contributed by atoms with Crippen LogP contribution in [-0.2, 0) is 36.0 Å². The summed E-state index contributed by atoms with van der Waals surface area (Å²) in [4.78, 5) is 16.6. The van der Waals surface area contributed by atoms with Gasteiger partial charge in [0.25, 0.3) is 0 Å². The second kappa shape index (κ2) is 9.07. The number of hydrogen-bond donors (Lipinski definition) is 0.